The van der Waals surface area contributed by atoms with E-state index in [0.717, 1.165) is 0 Å². The van der Waals surface area contributed by atoms with Crippen LogP contribution in [0.3, 0.4) is 0 Å². The Morgan fingerprint density at radius 3 is 2.61 bits per heavy atom. The molecular weight excluding hydrogens is 238 g/mol. The molecule has 96 valence electrons. The van der Waals surface area contributed by atoms with Crippen molar-refractivity contribution >= 4 is 11.9 Å². The second-order valence-electron chi connectivity index (χ2n) is 4.18. The minimum absolute atomic E-state index is 0.114. The molecule has 6 heteroatoms. The van der Waals surface area contributed by atoms with E-state index < -0.39 is 17.4 Å². The lowest BCUT2D eigenvalue weighted by Gasteiger charge is -2.26. The molecule has 18 heavy (non-hydrogen) atoms. The zero-order chi connectivity index (χ0) is 13.3. The van der Waals surface area contributed by atoms with E-state index in [-0.39, 0.29) is 6.79 Å². The van der Waals surface area contributed by atoms with Gasteiger partial charge in [-0.1, -0.05) is 6.07 Å². The standard InChI is InChI=1S/C12H13NO5/c1-7(14)13-12(2,11(15)16)8-3-4-9-10(5-8)18-6-17-9/h3-5H,6H2,1-2H3,(H,13,14)(H,15,16). The molecule has 1 aromatic carbocycles. The molecule has 2 N–H and O–H groups in total. The van der Waals surface area contributed by atoms with Crippen molar-refractivity contribution < 1.29 is 24.2 Å². The summed E-state index contributed by atoms with van der Waals surface area (Å²) in [5, 5.41) is 11.7. The summed E-state index contributed by atoms with van der Waals surface area (Å²) >= 11 is 0. The van der Waals surface area contributed by atoms with E-state index in [0.29, 0.717) is 17.1 Å². The van der Waals surface area contributed by atoms with Crippen LogP contribution in [0.25, 0.3) is 0 Å². The smallest absolute Gasteiger partial charge is 0.333 e. The largest absolute Gasteiger partial charge is 0.479 e. The van der Waals surface area contributed by atoms with Gasteiger partial charge in [-0.3, -0.25) is 4.79 Å². The van der Waals surface area contributed by atoms with Gasteiger partial charge in [0.1, 0.15) is 0 Å². The number of carbonyl (C=O) groups excluding carboxylic acids is 1. The van der Waals surface area contributed by atoms with E-state index in [9.17, 15) is 14.7 Å². The lowest BCUT2D eigenvalue weighted by Crippen LogP contribution is -2.48. The molecule has 1 aliphatic rings. The number of hydrogen-bond donors (Lipinski definition) is 2. The Hall–Kier alpha value is -2.24. The minimum Gasteiger partial charge on any atom is -0.479 e. The van der Waals surface area contributed by atoms with Crippen molar-refractivity contribution in [3.05, 3.63) is 23.8 Å². The van der Waals surface area contributed by atoms with Crippen LogP contribution in [0.5, 0.6) is 11.5 Å². The maximum atomic E-state index is 11.4. The van der Waals surface area contributed by atoms with Crippen LogP contribution in [-0.2, 0) is 15.1 Å². The highest BCUT2D eigenvalue weighted by Gasteiger charge is 2.37. The van der Waals surface area contributed by atoms with E-state index in [1.54, 1.807) is 18.2 Å². The first kappa shape index (κ1) is 12.2. The minimum atomic E-state index is -1.49. The van der Waals surface area contributed by atoms with Gasteiger partial charge in [0.15, 0.2) is 17.0 Å². The molecule has 0 radical (unpaired) electrons. The monoisotopic (exact) mass is 251 g/mol. The van der Waals surface area contributed by atoms with Gasteiger partial charge >= 0.3 is 5.97 Å². The number of nitrogens with one attached hydrogen (secondary N) is 1. The van der Waals surface area contributed by atoms with Gasteiger partial charge in [0.05, 0.1) is 0 Å². The van der Waals surface area contributed by atoms with Crippen molar-refractivity contribution in [3.63, 3.8) is 0 Å². The van der Waals surface area contributed by atoms with Gasteiger partial charge in [-0.05, 0) is 24.6 Å². The average Bonchev–Trinajstić information content (AvgIpc) is 2.74. The van der Waals surface area contributed by atoms with Crippen molar-refractivity contribution in [2.45, 2.75) is 19.4 Å². The van der Waals surface area contributed by atoms with Gasteiger partial charge in [-0.15, -0.1) is 0 Å². The number of benzene rings is 1. The first-order valence-corrected chi connectivity index (χ1v) is 5.36. The molecule has 0 aromatic heterocycles. The summed E-state index contributed by atoms with van der Waals surface area (Å²) in [6, 6.07) is 4.78. The Bertz CT molecular complexity index is 513. The molecule has 0 saturated carbocycles. The predicted octanol–water partition coefficient (Wildman–Crippen LogP) is 0.851. The van der Waals surface area contributed by atoms with Gasteiger partial charge < -0.3 is 19.9 Å². The predicted molar refractivity (Wildman–Crippen MR) is 61.4 cm³/mol. The van der Waals surface area contributed by atoms with Crippen molar-refractivity contribution in [1.29, 1.82) is 0 Å². The zero-order valence-corrected chi connectivity index (χ0v) is 10.0. The van der Waals surface area contributed by atoms with Gasteiger partial charge in [0.25, 0.3) is 0 Å². The van der Waals surface area contributed by atoms with Gasteiger partial charge in [0.2, 0.25) is 12.7 Å². The summed E-state index contributed by atoms with van der Waals surface area (Å²) in [5.74, 6) is -0.520. The highest BCUT2D eigenvalue weighted by Crippen LogP contribution is 2.35. The quantitative estimate of drug-likeness (QED) is 0.832. The van der Waals surface area contributed by atoms with Crippen molar-refractivity contribution in [2.75, 3.05) is 6.79 Å². The van der Waals surface area contributed by atoms with Crippen molar-refractivity contribution in [3.8, 4) is 11.5 Å². The summed E-state index contributed by atoms with van der Waals surface area (Å²) in [6.45, 7) is 2.81. The fraction of sp³-hybridized carbons (Fsp3) is 0.333. The Morgan fingerprint density at radius 1 is 1.33 bits per heavy atom. The number of carboxylic acids is 1. The Morgan fingerprint density at radius 2 is 2.00 bits per heavy atom. The lowest BCUT2D eigenvalue weighted by atomic mass is 9.91. The van der Waals surface area contributed by atoms with Crippen LogP contribution in [0.4, 0.5) is 0 Å². The molecule has 6 nitrogen and oxygen atoms in total. The van der Waals surface area contributed by atoms with Crippen LogP contribution in [0, 0.1) is 0 Å². The summed E-state index contributed by atoms with van der Waals surface area (Å²) in [4.78, 5) is 22.5. The maximum absolute atomic E-state index is 11.4. The molecule has 0 aliphatic carbocycles. The number of carboxylic acid groups (broad SMARTS) is 1. The first-order valence-electron chi connectivity index (χ1n) is 5.36. The van der Waals surface area contributed by atoms with Gasteiger partial charge in [0, 0.05) is 6.92 Å². The fourth-order valence-corrected chi connectivity index (χ4v) is 1.81. The molecule has 0 fully saturated rings. The van der Waals surface area contributed by atoms with E-state index >= 15 is 0 Å². The summed E-state index contributed by atoms with van der Waals surface area (Å²) < 4.78 is 10.3. The van der Waals surface area contributed by atoms with Gasteiger partial charge in [-0.2, -0.15) is 0 Å². The van der Waals surface area contributed by atoms with Crippen LogP contribution in [0.15, 0.2) is 18.2 Å². The SMILES string of the molecule is CC(=O)NC(C)(C(=O)O)c1ccc2c(c1)OCO2. The van der Waals surface area contributed by atoms with Crippen molar-refractivity contribution in [2.24, 2.45) is 0 Å². The van der Waals surface area contributed by atoms with Crippen LogP contribution < -0.4 is 14.8 Å². The third kappa shape index (κ3) is 1.97. The summed E-state index contributed by atoms with van der Waals surface area (Å²) in [6.07, 6.45) is 0. The molecular formula is C12H13NO5. The van der Waals surface area contributed by atoms with Crippen molar-refractivity contribution in [1.82, 2.24) is 5.32 Å². The lowest BCUT2D eigenvalue weighted by molar-refractivity contribution is -0.147. The molecule has 2 rings (SSSR count). The number of ether oxygens (including phenoxy) is 2. The average molecular weight is 251 g/mol. The second-order valence-corrected chi connectivity index (χ2v) is 4.18. The number of fused-ring (bicyclic) bond motifs is 1. The van der Waals surface area contributed by atoms with Gasteiger partial charge in [-0.25, -0.2) is 4.79 Å². The van der Waals surface area contributed by atoms with E-state index in [1.165, 1.54) is 13.8 Å². The Kier molecular flexibility index (Phi) is 2.86. The third-order valence-corrected chi connectivity index (χ3v) is 2.80. The molecule has 1 heterocycles. The van der Waals surface area contributed by atoms with Crippen LogP contribution in [-0.4, -0.2) is 23.8 Å². The molecule has 0 spiro atoms. The topological polar surface area (TPSA) is 84.9 Å². The summed E-state index contributed by atoms with van der Waals surface area (Å²) in [5.41, 5.74) is -1.07. The molecule has 0 bridgehead atoms. The normalized spacial score (nSPS) is 15.9. The summed E-state index contributed by atoms with van der Waals surface area (Å²) in [7, 11) is 0. The van der Waals surface area contributed by atoms with E-state index in [1.807, 2.05) is 0 Å². The number of carbonyl (C=O) groups is 2. The molecule has 1 aliphatic heterocycles. The molecule has 0 saturated heterocycles. The zero-order valence-electron chi connectivity index (χ0n) is 10.0. The maximum Gasteiger partial charge on any atom is 0.333 e. The van der Waals surface area contributed by atoms with E-state index in [4.69, 9.17) is 9.47 Å². The highest BCUT2D eigenvalue weighted by atomic mass is 16.7. The van der Waals surface area contributed by atoms with Crippen LogP contribution in [0.2, 0.25) is 0 Å². The first-order chi connectivity index (χ1) is 8.43. The van der Waals surface area contributed by atoms with Crippen LogP contribution >= 0.6 is 0 Å². The molecule has 1 unspecified atom stereocenters. The molecule has 1 aromatic rings. The second kappa shape index (κ2) is 4.21. The third-order valence-electron chi connectivity index (χ3n) is 2.80. The number of hydrogen-bond acceptors (Lipinski definition) is 4. The number of rotatable bonds is 3. The molecule has 1 amide bonds. The highest BCUT2D eigenvalue weighted by molar-refractivity contribution is 5.87. The Balaban J connectivity index is 2.43. The molecule has 1 atom stereocenters. The number of aliphatic carboxylic acids is 1. The number of amides is 1. The van der Waals surface area contributed by atoms with E-state index in [2.05, 4.69) is 5.32 Å². The van der Waals surface area contributed by atoms with Crippen LogP contribution in [0.1, 0.15) is 19.4 Å². The Labute approximate surface area is 104 Å². The fourth-order valence-electron chi connectivity index (χ4n) is 1.81.